The van der Waals surface area contributed by atoms with Crippen molar-refractivity contribution in [3.63, 3.8) is 0 Å². The molecule has 2 N–H and O–H groups in total. The van der Waals surface area contributed by atoms with Crippen molar-refractivity contribution in [3.05, 3.63) is 24.6 Å². The van der Waals surface area contributed by atoms with E-state index in [1.165, 1.54) is 0 Å². The van der Waals surface area contributed by atoms with Gasteiger partial charge in [0.2, 0.25) is 0 Å². The largest absolute Gasteiger partial charge is 0.390 e. The molecule has 0 atom stereocenters. The van der Waals surface area contributed by atoms with E-state index in [1.54, 1.807) is 0 Å². The Morgan fingerprint density at radius 1 is 0.929 bits per heavy atom. The van der Waals surface area contributed by atoms with Crippen LogP contribution in [0.4, 0.5) is 0 Å². The molecule has 82 valence electrons. The lowest BCUT2D eigenvalue weighted by molar-refractivity contribution is 0.389. The molecule has 0 rings (SSSR count). The number of hydrogen-bond donors (Lipinski definition) is 2. The van der Waals surface area contributed by atoms with E-state index in [1.807, 2.05) is 7.05 Å². The molecule has 0 amide bonds. The third-order valence-corrected chi connectivity index (χ3v) is 2.42. The van der Waals surface area contributed by atoms with Crippen LogP contribution in [0.15, 0.2) is 24.6 Å². The quantitative estimate of drug-likeness (QED) is 0.722. The average molecular weight is 196 g/mol. The van der Waals surface area contributed by atoms with Crippen molar-refractivity contribution < 1.29 is 0 Å². The van der Waals surface area contributed by atoms with Gasteiger partial charge in [0.05, 0.1) is 5.54 Å². The highest BCUT2D eigenvalue weighted by Gasteiger charge is 2.25. The molecule has 0 aromatic carbocycles. The van der Waals surface area contributed by atoms with Gasteiger partial charge < -0.3 is 10.6 Å². The summed E-state index contributed by atoms with van der Waals surface area (Å²) in [6.45, 7) is 18.6. The van der Waals surface area contributed by atoms with Crippen molar-refractivity contribution in [1.82, 2.24) is 10.6 Å². The van der Waals surface area contributed by atoms with Gasteiger partial charge in [-0.05, 0) is 13.8 Å². The minimum atomic E-state index is -0.168. The van der Waals surface area contributed by atoms with E-state index < -0.39 is 0 Å². The fraction of sp³-hybridized carbons (Fsp3) is 0.667. The van der Waals surface area contributed by atoms with Gasteiger partial charge in [0.1, 0.15) is 0 Å². The fourth-order valence-corrected chi connectivity index (χ4v) is 0.953. The van der Waals surface area contributed by atoms with Gasteiger partial charge in [0, 0.05) is 23.9 Å². The highest BCUT2D eigenvalue weighted by Crippen LogP contribution is 2.24. The van der Waals surface area contributed by atoms with Crippen molar-refractivity contribution in [2.24, 2.45) is 5.41 Å². The lowest BCUT2D eigenvalue weighted by Gasteiger charge is -2.35. The van der Waals surface area contributed by atoms with E-state index >= 15 is 0 Å². The fourth-order valence-electron chi connectivity index (χ4n) is 0.953. The molecule has 0 aliphatic rings. The van der Waals surface area contributed by atoms with Gasteiger partial charge in [-0.15, -0.1) is 0 Å². The Bertz CT molecular complexity index is 231. The van der Waals surface area contributed by atoms with Gasteiger partial charge in [-0.3, -0.25) is 0 Å². The van der Waals surface area contributed by atoms with Crippen LogP contribution in [0.1, 0.15) is 34.6 Å². The first-order chi connectivity index (χ1) is 6.11. The Kier molecular flexibility index (Phi) is 3.81. The van der Waals surface area contributed by atoms with Gasteiger partial charge in [-0.1, -0.05) is 33.9 Å². The Morgan fingerprint density at radius 2 is 1.36 bits per heavy atom. The van der Waals surface area contributed by atoms with Crippen molar-refractivity contribution >= 4 is 0 Å². The minimum Gasteiger partial charge on any atom is -0.390 e. The van der Waals surface area contributed by atoms with Crippen LogP contribution in [0.2, 0.25) is 0 Å². The van der Waals surface area contributed by atoms with E-state index in [-0.39, 0.29) is 11.0 Å². The topological polar surface area (TPSA) is 24.1 Å². The molecule has 14 heavy (non-hydrogen) atoms. The molecule has 0 fully saturated rings. The number of rotatable bonds is 4. The van der Waals surface area contributed by atoms with Gasteiger partial charge in [0.15, 0.2) is 0 Å². The van der Waals surface area contributed by atoms with E-state index in [4.69, 9.17) is 0 Å². The molecule has 0 heterocycles. The number of allylic oxidation sites excluding steroid dienone is 1. The van der Waals surface area contributed by atoms with Crippen LogP contribution in [0.25, 0.3) is 0 Å². The SMILES string of the molecule is C=C(NC(C)(C)C(=C)NC)C(C)(C)C. The summed E-state index contributed by atoms with van der Waals surface area (Å²) in [7, 11) is 1.88. The zero-order valence-corrected chi connectivity index (χ0v) is 10.4. The Hall–Kier alpha value is -0.920. The van der Waals surface area contributed by atoms with Crippen molar-refractivity contribution in [2.45, 2.75) is 40.2 Å². The zero-order valence-electron chi connectivity index (χ0n) is 10.4. The van der Waals surface area contributed by atoms with E-state index in [2.05, 4.69) is 58.4 Å². The molecule has 0 radical (unpaired) electrons. The molecule has 0 spiro atoms. The zero-order chi connectivity index (χ0) is 11.6. The minimum absolute atomic E-state index is 0.0747. The van der Waals surface area contributed by atoms with E-state index in [9.17, 15) is 0 Å². The molecule has 2 nitrogen and oxygen atoms in total. The summed E-state index contributed by atoms with van der Waals surface area (Å²) in [5, 5.41) is 6.45. The molecule has 0 aromatic heterocycles. The van der Waals surface area contributed by atoms with E-state index in [0.29, 0.717) is 0 Å². The van der Waals surface area contributed by atoms with Crippen LogP contribution < -0.4 is 10.6 Å². The summed E-state index contributed by atoms with van der Waals surface area (Å²) in [6, 6.07) is 0. The molecule has 0 unspecified atom stereocenters. The first-order valence-electron chi connectivity index (χ1n) is 4.96. The second-order valence-corrected chi connectivity index (χ2v) is 5.21. The van der Waals surface area contributed by atoms with Crippen LogP contribution in [0, 0.1) is 5.41 Å². The molecule has 2 heteroatoms. The average Bonchev–Trinajstić information content (AvgIpc) is 2.00. The first kappa shape index (κ1) is 13.1. The Labute approximate surface area is 88.5 Å². The molecule has 0 aliphatic carbocycles. The molecule has 0 bridgehead atoms. The number of likely N-dealkylation sites (N-methyl/N-ethyl adjacent to an activating group) is 1. The highest BCUT2D eigenvalue weighted by atomic mass is 15.0. The Balaban J connectivity index is 4.53. The maximum atomic E-state index is 4.05. The molecule has 0 aromatic rings. The van der Waals surface area contributed by atoms with Crippen molar-refractivity contribution in [1.29, 1.82) is 0 Å². The molecule has 0 saturated heterocycles. The summed E-state index contributed by atoms with van der Waals surface area (Å²) in [5.41, 5.74) is 1.89. The maximum Gasteiger partial charge on any atom is 0.0705 e. The van der Waals surface area contributed by atoms with Gasteiger partial charge in [-0.2, -0.15) is 0 Å². The summed E-state index contributed by atoms with van der Waals surface area (Å²) >= 11 is 0. The lowest BCUT2D eigenvalue weighted by atomic mass is 9.90. The first-order valence-corrected chi connectivity index (χ1v) is 4.96. The molecule has 0 aliphatic heterocycles. The summed E-state index contributed by atoms with van der Waals surface area (Å²) in [4.78, 5) is 0. The molecule has 0 saturated carbocycles. The maximum absolute atomic E-state index is 4.05. The normalized spacial score (nSPS) is 12.1. The van der Waals surface area contributed by atoms with E-state index in [0.717, 1.165) is 11.4 Å². The third kappa shape index (κ3) is 3.44. The van der Waals surface area contributed by atoms with Gasteiger partial charge >= 0.3 is 0 Å². The van der Waals surface area contributed by atoms with Gasteiger partial charge in [0.25, 0.3) is 0 Å². The summed E-state index contributed by atoms with van der Waals surface area (Å²) < 4.78 is 0. The van der Waals surface area contributed by atoms with Crippen LogP contribution in [0.3, 0.4) is 0 Å². The van der Waals surface area contributed by atoms with Crippen LogP contribution in [-0.4, -0.2) is 12.6 Å². The summed E-state index contributed by atoms with van der Waals surface area (Å²) in [5.74, 6) is 0. The molecular formula is C12H24N2. The predicted octanol–water partition coefficient (Wildman–Crippen LogP) is 2.65. The predicted molar refractivity (Wildman–Crippen MR) is 64.0 cm³/mol. The summed E-state index contributed by atoms with van der Waals surface area (Å²) in [6.07, 6.45) is 0. The third-order valence-electron chi connectivity index (χ3n) is 2.42. The standard InChI is InChI=1S/C12H24N2/c1-9(11(3,4)5)14-12(6,7)10(2)13-8/h13-14H,1-2H2,3-8H3. The smallest absolute Gasteiger partial charge is 0.0705 e. The second kappa shape index (κ2) is 4.07. The second-order valence-electron chi connectivity index (χ2n) is 5.21. The van der Waals surface area contributed by atoms with Crippen LogP contribution in [-0.2, 0) is 0 Å². The van der Waals surface area contributed by atoms with Crippen molar-refractivity contribution in [2.75, 3.05) is 7.05 Å². The molecular weight excluding hydrogens is 172 g/mol. The number of hydrogen-bond acceptors (Lipinski definition) is 2. The van der Waals surface area contributed by atoms with Crippen LogP contribution >= 0.6 is 0 Å². The lowest BCUT2D eigenvalue weighted by Crippen LogP contribution is -2.45. The van der Waals surface area contributed by atoms with Crippen LogP contribution in [0.5, 0.6) is 0 Å². The Morgan fingerprint density at radius 3 is 1.64 bits per heavy atom. The van der Waals surface area contributed by atoms with Crippen molar-refractivity contribution in [3.8, 4) is 0 Å². The van der Waals surface area contributed by atoms with Gasteiger partial charge in [-0.25, -0.2) is 0 Å². The number of nitrogens with one attached hydrogen (secondary N) is 2. The monoisotopic (exact) mass is 196 g/mol. The highest BCUT2D eigenvalue weighted by molar-refractivity contribution is 5.17.